The van der Waals surface area contributed by atoms with E-state index in [2.05, 4.69) is 61.4 Å². The van der Waals surface area contributed by atoms with E-state index in [9.17, 15) is 0 Å². The van der Waals surface area contributed by atoms with Crippen molar-refractivity contribution in [3.05, 3.63) is 48.0 Å². The summed E-state index contributed by atoms with van der Waals surface area (Å²) in [7, 11) is 2.22. The fraction of sp³-hybridized carbons (Fsp3) is 0.529. The van der Waals surface area contributed by atoms with Crippen molar-refractivity contribution in [3.63, 3.8) is 0 Å². The molecule has 1 heterocycles. The van der Waals surface area contributed by atoms with Gasteiger partial charge >= 0.3 is 0 Å². The highest BCUT2D eigenvalue weighted by atomic mass is 16.5. The second-order valence-electron chi connectivity index (χ2n) is 6.25. The van der Waals surface area contributed by atoms with Crippen LogP contribution in [0, 0.1) is 17.8 Å². The highest BCUT2D eigenvalue weighted by molar-refractivity contribution is 5.23. The maximum atomic E-state index is 6.42. The summed E-state index contributed by atoms with van der Waals surface area (Å²) in [6.07, 6.45) is 6.51. The van der Waals surface area contributed by atoms with Gasteiger partial charge in [-0.15, -0.1) is 0 Å². The van der Waals surface area contributed by atoms with Crippen LogP contribution in [0.4, 0.5) is 0 Å². The van der Waals surface area contributed by atoms with E-state index in [1.54, 1.807) is 0 Å². The second-order valence-corrected chi connectivity index (χ2v) is 6.25. The van der Waals surface area contributed by atoms with E-state index in [0.717, 1.165) is 17.8 Å². The number of rotatable bonds is 2. The molecule has 2 heteroatoms. The van der Waals surface area contributed by atoms with Gasteiger partial charge in [0.25, 0.3) is 0 Å². The first-order valence-corrected chi connectivity index (χ1v) is 7.36. The molecule has 0 amide bonds. The van der Waals surface area contributed by atoms with Crippen molar-refractivity contribution in [1.82, 2.24) is 4.90 Å². The fourth-order valence-corrected chi connectivity index (χ4v) is 3.98. The molecule has 100 valence electrons. The van der Waals surface area contributed by atoms with Crippen molar-refractivity contribution in [2.45, 2.75) is 31.7 Å². The summed E-state index contributed by atoms with van der Waals surface area (Å²) in [5, 5.41) is 0. The van der Waals surface area contributed by atoms with Gasteiger partial charge in [0.1, 0.15) is 6.23 Å². The zero-order chi connectivity index (χ0) is 13.0. The Morgan fingerprint density at radius 3 is 2.68 bits per heavy atom. The van der Waals surface area contributed by atoms with Crippen LogP contribution in [-0.4, -0.2) is 24.2 Å². The molecule has 0 bridgehead atoms. The van der Waals surface area contributed by atoms with Crippen LogP contribution in [0.25, 0.3) is 0 Å². The SMILES string of the molecule is C[C@@H]1[C@H](c2ccccc2)O[C@H]([C@@H]2[C@@H]3C=CC[C@@H]32)N1C. The molecular formula is C17H21NO. The molecule has 0 radical (unpaired) electrons. The van der Waals surface area contributed by atoms with E-state index < -0.39 is 0 Å². The summed E-state index contributed by atoms with van der Waals surface area (Å²) in [6, 6.07) is 11.1. The third-order valence-corrected chi connectivity index (χ3v) is 5.28. The minimum absolute atomic E-state index is 0.224. The summed E-state index contributed by atoms with van der Waals surface area (Å²) in [5.41, 5.74) is 1.31. The first-order valence-electron chi connectivity index (χ1n) is 7.36. The van der Waals surface area contributed by atoms with E-state index in [1.165, 1.54) is 12.0 Å². The van der Waals surface area contributed by atoms with Crippen LogP contribution in [0.1, 0.15) is 25.0 Å². The third-order valence-electron chi connectivity index (χ3n) is 5.28. The zero-order valence-electron chi connectivity index (χ0n) is 11.6. The molecule has 1 saturated heterocycles. The van der Waals surface area contributed by atoms with Crippen LogP contribution in [0.3, 0.4) is 0 Å². The Balaban J connectivity index is 1.55. The van der Waals surface area contributed by atoms with Gasteiger partial charge in [0.05, 0.1) is 6.10 Å². The van der Waals surface area contributed by atoms with Gasteiger partial charge in [-0.1, -0.05) is 42.5 Å². The van der Waals surface area contributed by atoms with Crippen molar-refractivity contribution in [1.29, 1.82) is 0 Å². The van der Waals surface area contributed by atoms with Crippen LogP contribution < -0.4 is 0 Å². The van der Waals surface area contributed by atoms with E-state index in [-0.39, 0.29) is 6.10 Å². The summed E-state index contributed by atoms with van der Waals surface area (Å²) < 4.78 is 6.42. The molecule has 19 heavy (non-hydrogen) atoms. The average molecular weight is 255 g/mol. The number of nitrogens with zero attached hydrogens (tertiary/aromatic N) is 1. The minimum atomic E-state index is 0.224. The van der Waals surface area contributed by atoms with Gasteiger partial charge in [-0.05, 0) is 37.8 Å². The van der Waals surface area contributed by atoms with E-state index >= 15 is 0 Å². The quantitative estimate of drug-likeness (QED) is 0.752. The molecule has 2 aliphatic carbocycles. The zero-order valence-corrected chi connectivity index (χ0v) is 11.6. The van der Waals surface area contributed by atoms with Gasteiger partial charge in [-0.3, -0.25) is 4.90 Å². The molecule has 1 aromatic carbocycles. The highest BCUT2D eigenvalue weighted by Gasteiger charge is 2.58. The van der Waals surface area contributed by atoms with Gasteiger partial charge in [0.2, 0.25) is 0 Å². The number of allylic oxidation sites excluding steroid dienone is 2. The second kappa shape index (κ2) is 4.19. The Kier molecular flexibility index (Phi) is 2.58. The predicted molar refractivity (Wildman–Crippen MR) is 75.5 cm³/mol. The summed E-state index contributed by atoms with van der Waals surface area (Å²) >= 11 is 0. The number of hydrogen-bond donors (Lipinski definition) is 0. The van der Waals surface area contributed by atoms with Crippen molar-refractivity contribution in [3.8, 4) is 0 Å². The van der Waals surface area contributed by atoms with E-state index in [0.29, 0.717) is 12.3 Å². The molecule has 2 nitrogen and oxygen atoms in total. The minimum Gasteiger partial charge on any atom is -0.353 e. The molecule has 1 aliphatic heterocycles. The number of fused-ring (bicyclic) bond motifs is 1. The smallest absolute Gasteiger partial charge is 0.115 e. The Bertz CT molecular complexity index is 497. The Morgan fingerprint density at radius 2 is 2.00 bits per heavy atom. The third kappa shape index (κ3) is 1.70. The lowest BCUT2D eigenvalue weighted by atomic mass is 10.0. The molecule has 6 atom stereocenters. The van der Waals surface area contributed by atoms with Crippen molar-refractivity contribution >= 4 is 0 Å². The maximum Gasteiger partial charge on any atom is 0.115 e. The molecule has 3 aliphatic rings. The number of hydrogen-bond acceptors (Lipinski definition) is 2. The largest absolute Gasteiger partial charge is 0.353 e. The lowest BCUT2D eigenvalue weighted by molar-refractivity contribution is -0.0134. The van der Waals surface area contributed by atoms with Crippen LogP contribution in [-0.2, 0) is 4.74 Å². The average Bonchev–Trinajstić information content (AvgIpc) is 2.80. The Hall–Kier alpha value is -1.12. The molecule has 1 saturated carbocycles. The van der Waals surface area contributed by atoms with Gasteiger partial charge in [0, 0.05) is 12.0 Å². The van der Waals surface area contributed by atoms with Gasteiger partial charge in [0.15, 0.2) is 0 Å². The molecule has 4 rings (SSSR count). The predicted octanol–water partition coefficient (Wildman–Crippen LogP) is 3.23. The maximum absolute atomic E-state index is 6.42. The topological polar surface area (TPSA) is 12.5 Å². The standard InChI is InChI=1S/C17H21NO/c1-11-16(12-7-4-3-5-8-12)19-17(18(11)2)15-13-9-6-10-14(13)15/h3-9,11,13-17H,10H2,1-2H3/t11-,13-,14+,15-,16-,17-/m1/s1. The normalized spacial score (nSPS) is 44.5. The van der Waals surface area contributed by atoms with E-state index in [1.807, 2.05) is 0 Å². The number of ether oxygens (including phenoxy) is 1. The van der Waals surface area contributed by atoms with Crippen LogP contribution in [0.2, 0.25) is 0 Å². The molecule has 2 fully saturated rings. The molecule has 0 unspecified atom stereocenters. The summed E-state index contributed by atoms with van der Waals surface area (Å²) in [4.78, 5) is 2.44. The summed E-state index contributed by atoms with van der Waals surface area (Å²) in [5.74, 6) is 2.37. The van der Waals surface area contributed by atoms with Gasteiger partial charge in [-0.2, -0.15) is 0 Å². The number of benzene rings is 1. The number of likely N-dealkylation sites (N-methyl/N-ethyl adjacent to an activating group) is 1. The van der Waals surface area contributed by atoms with Gasteiger partial charge < -0.3 is 4.74 Å². The van der Waals surface area contributed by atoms with Crippen molar-refractivity contribution < 1.29 is 4.74 Å². The Labute approximate surface area is 115 Å². The van der Waals surface area contributed by atoms with Crippen molar-refractivity contribution in [2.24, 2.45) is 17.8 Å². The monoisotopic (exact) mass is 255 g/mol. The highest BCUT2D eigenvalue weighted by Crippen LogP contribution is 2.58. The van der Waals surface area contributed by atoms with Crippen LogP contribution in [0.5, 0.6) is 0 Å². The molecular weight excluding hydrogens is 234 g/mol. The molecule has 0 aromatic heterocycles. The summed E-state index contributed by atoms with van der Waals surface area (Å²) in [6.45, 7) is 2.28. The van der Waals surface area contributed by atoms with Gasteiger partial charge in [-0.25, -0.2) is 0 Å². The van der Waals surface area contributed by atoms with Crippen LogP contribution in [0.15, 0.2) is 42.5 Å². The lowest BCUT2D eigenvalue weighted by Crippen LogP contribution is -2.34. The first-order chi connectivity index (χ1) is 9.27. The Morgan fingerprint density at radius 1 is 1.21 bits per heavy atom. The van der Waals surface area contributed by atoms with Crippen LogP contribution >= 0.6 is 0 Å². The molecule has 0 spiro atoms. The molecule has 0 N–H and O–H groups in total. The first kappa shape index (κ1) is 11.7. The van der Waals surface area contributed by atoms with E-state index in [4.69, 9.17) is 4.74 Å². The van der Waals surface area contributed by atoms with Crippen molar-refractivity contribution in [2.75, 3.05) is 7.05 Å². The fourth-order valence-electron chi connectivity index (χ4n) is 3.98. The molecule has 1 aromatic rings. The lowest BCUT2D eigenvalue weighted by Gasteiger charge is -2.22.